The minimum Gasteiger partial charge on any atom is -0.392 e. The van der Waals surface area contributed by atoms with Crippen LogP contribution in [0.4, 0.5) is 0 Å². The van der Waals surface area contributed by atoms with Crippen LogP contribution < -0.4 is 0 Å². The van der Waals surface area contributed by atoms with E-state index in [4.69, 9.17) is 0 Å². The molecule has 1 aromatic carbocycles. The number of hydrogen-bond acceptors (Lipinski definition) is 2. The topological polar surface area (TPSA) is 43.0 Å². The summed E-state index contributed by atoms with van der Waals surface area (Å²) in [6.45, 7) is 0.783. The molecule has 0 saturated heterocycles. The van der Waals surface area contributed by atoms with Crippen molar-refractivity contribution < 1.29 is 5.11 Å². The summed E-state index contributed by atoms with van der Waals surface area (Å²) in [7, 11) is 1.91. The fourth-order valence-electron chi connectivity index (χ4n) is 2.32. The van der Waals surface area contributed by atoms with E-state index in [0.717, 1.165) is 28.7 Å². The average Bonchev–Trinajstić information content (AvgIpc) is 2.97. The second-order valence-electron chi connectivity index (χ2n) is 4.44. The molecule has 0 bridgehead atoms. The number of aryl methyl sites for hydroxylation is 1. The molecule has 0 amide bonds. The normalized spacial score (nSPS) is 11.2. The van der Waals surface area contributed by atoms with Crippen LogP contribution >= 0.6 is 0 Å². The fraction of sp³-hybridized carbons (Fsp3) is 0.214. The lowest BCUT2D eigenvalue weighted by atomic mass is 10.1. The Labute approximate surface area is 105 Å². The average molecular weight is 241 g/mol. The van der Waals surface area contributed by atoms with E-state index in [1.807, 2.05) is 37.6 Å². The van der Waals surface area contributed by atoms with Crippen LogP contribution in [-0.4, -0.2) is 19.5 Å². The summed E-state index contributed by atoms with van der Waals surface area (Å²) in [4.78, 5) is 0. The van der Waals surface area contributed by atoms with Gasteiger partial charge < -0.3 is 9.67 Å². The Morgan fingerprint density at radius 3 is 2.78 bits per heavy atom. The first kappa shape index (κ1) is 11.0. The Morgan fingerprint density at radius 1 is 1.17 bits per heavy atom. The first-order valence-electron chi connectivity index (χ1n) is 5.94. The Kier molecular flexibility index (Phi) is 2.64. The molecule has 4 nitrogen and oxygen atoms in total. The van der Waals surface area contributed by atoms with E-state index in [9.17, 15) is 5.11 Å². The van der Waals surface area contributed by atoms with Gasteiger partial charge in [0.05, 0.1) is 24.4 Å². The number of aliphatic hydroxyl groups excluding tert-OH is 1. The summed E-state index contributed by atoms with van der Waals surface area (Å²) in [6, 6.07) is 10.1. The van der Waals surface area contributed by atoms with Crippen LogP contribution in [0.5, 0.6) is 0 Å². The van der Waals surface area contributed by atoms with Crippen LogP contribution in [-0.2, 0) is 20.2 Å². The minimum atomic E-state index is 0.0591. The first-order chi connectivity index (χ1) is 8.78. The van der Waals surface area contributed by atoms with Gasteiger partial charge in [0.2, 0.25) is 0 Å². The van der Waals surface area contributed by atoms with Crippen molar-refractivity contribution in [2.24, 2.45) is 7.05 Å². The summed E-state index contributed by atoms with van der Waals surface area (Å²) >= 11 is 0. The first-order valence-corrected chi connectivity index (χ1v) is 5.94. The van der Waals surface area contributed by atoms with Gasteiger partial charge in [0, 0.05) is 25.0 Å². The molecule has 0 saturated carbocycles. The highest BCUT2D eigenvalue weighted by Gasteiger charge is 2.07. The molecule has 0 fully saturated rings. The zero-order chi connectivity index (χ0) is 12.5. The molecule has 18 heavy (non-hydrogen) atoms. The molecule has 0 aliphatic rings. The van der Waals surface area contributed by atoms with E-state index >= 15 is 0 Å². The van der Waals surface area contributed by atoms with Gasteiger partial charge in [0.1, 0.15) is 0 Å². The van der Waals surface area contributed by atoms with E-state index < -0.39 is 0 Å². The Balaban J connectivity index is 2.06. The molecule has 2 aromatic heterocycles. The molecular formula is C14H15N3O. The predicted octanol–water partition coefficient (Wildman–Crippen LogP) is 1.92. The summed E-state index contributed by atoms with van der Waals surface area (Å²) in [5, 5.41) is 14.9. The molecule has 1 N–H and O–H groups in total. The molecule has 92 valence electrons. The summed E-state index contributed by atoms with van der Waals surface area (Å²) < 4.78 is 3.93. The van der Waals surface area contributed by atoms with E-state index in [1.165, 1.54) is 0 Å². The third-order valence-electron chi connectivity index (χ3n) is 3.14. The van der Waals surface area contributed by atoms with Crippen molar-refractivity contribution in [2.45, 2.75) is 13.2 Å². The molecule has 4 heteroatoms. The number of aliphatic hydroxyl groups is 1. The molecule has 0 unspecified atom stereocenters. The molecule has 0 aliphatic carbocycles. The standard InChI is InChI=1S/C14H15N3O/c1-16-7-6-13(15-16)9-17-8-5-11-3-2-4-12(10-18)14(11)17/h2-8,18H,9-10H2,1H3. The smallest absolute Gasteiger partial charge is 0.0821 e. The zero-order valence-corrected chi connectivity index (χ0v) is 10.2. The monoisotopic (exact) mass is 241 g/mol. The van der Waals surface area contributed by atoms with Gasteiger partial charge in [-0.3, -0.25) is 4.68 Å². The largest absolute Gasteiger partial charge is 0.392 e. The predicted molar refractivity (Wildman–Crippen MR) is 70.2 cm³/mol. The number of nitrogens with zero attached hydrogens (tertiary/aromatic N) is 3. The van der Waals surface area contributed by atoms with Gasteiger partial charge in [-0.1, -0.05) is 18.2 Å². The maximum atomic E-state index is 9.42. The second kappa shape index (κ2) is 4.31. The molecule has 0 atom stereocenters. The van der Waals surface area contributed by atoms with E-state index in [0.29, 0.717) is 0 Å². The van der Waals surface area contributed by atoms with Crippen molar-refractivity contribution in [3.63, 3.8) is 0 Å². The number of benzene rings is 1. The van der Waals surface area contributed by atoms with Crippen LogP contribution in [0.1, 0.15) is 11.3 Å². The van der Waals surface area contributed by atoms with Crippen molar-refractivity contribution in [1.82, 2.24) is 14.3 Å². The minimum absolute atomic E-state index is 0.0591. The summed E-state index contributed by atoms with van der Waals surface area (Å²) in [6.07, 6.45) is 3.98. The SMILES string of the molecule is Cn1ccc(Cn2ccc3cccc(CO)c32)n1. The maximum absolute atomic E-state index is 9.42. The Morgan fingerprint density at radius 2 is 2.06 bits per heavy atom. The van der Waals surface area contributed by atoms with E-state index in [2.05, 4.69) is 21.8 Å². The van der Waals surface area contributed by atoms with Gasteiger partial charge >= 0.3 is 0 Å². The van der Waals surface area contributed by atoms with Crippen molar-refractivity contribution in [3.8, 4) is 0 Å². The van der Waals surface area contributed by atoms with E-state index in [1.54, 1.807) is 4.68 Å². The van der Waals surface area contributed by atoms with Crippen molar-refractivity contribution in [1.29, 1.82) is 0 Å². The van der Waals surface area contributed by atoms with Crippen LogP contribution in [0.15, 0.2) is 42.7 Å². The highest BCUT2D eigenvalue weighted by atomic mass is 16.3. The third-order valence-corrected chi connectivity index (χ3v) is 3.14. The van der Waals surface area contributed by atoms with Gasteiger partial charge in [-0.15, -0.1) is 0 Å². The molecular weight excluding hydrogens is 226 g/mol. The fourth-order valence-corrected chi connectivity index (χ4v) is 2.32. The second-order valence-corrected chi connectivity index (χ2v) is 4.44. The van der Waals surface area contributed by atoms with Crippen LogP contribution in [0.3, 0.4) is 0 Å². The highest BCUT2D eigenvalue weighted by Crippen LogP contribution is 2.21. The molecule has 3 aromatic rings. The Bertz CT molecular complexity index is 681. The number of para-hydroxylation sites is 1. The van der Waals surface area contributed by atoms with Crippen LogP contribution in [0, 0.1) is 0 Å². The number of hydrogen-bond donors (Lipinski definition) is 1. The van der Waals surface area contributed by atoms with E-state index in [-0.39, 0.29) is 6.61 Å². The molecule has 0 aliphatic heterocycles. The van der Waals surface area contributed by atoms with Gasteiger partial charge in [0.15, 0.2) is 0 Å². The van der Waals surface area contributed by atoms with Gasteiger partial charge in [0.25, 0.3) is 0 Å². The van der Waals surface area contributed by atoms with Crippen LogP contribution in [0.25, 0.3) is 10.9 Å². The van der Waals surface area contributed by atoms with Crippen LogP contribution in [0.2, 0.25) is 0 Å². The van der Waals surface area contributed by atoms with Crippen molar-refractivity contribution in [3.05, 3.63) is 54.0 Å². The maximum Gasteiger partial charge on any atom is 0.0821 e. The highest BCUT2D eigenvalue weighted by molar-refractivity contribution is 5.83. The number of fused-ring (bicyclic) bond motifs is 1. The van der Waals surface area contributed by atoms with Gasteiger partial charge in [-0.05, 0) is 17.5 Å². The van der Waals surface area contributed by atoms with Gasteiger partial charge in [-0.2, -0.15) is 5.10 Å². The number of aromatic nitrogens is 3. The summed E-state index contributed by atoms with van der Waals surface area (Å²) in [5.74, 6) is 0. The summed E-state index contributed by atoms with van der Waals surface area (Å²) in [5.41, 5.74) is 3.06. The van der Waals surface area contributed by atoms with Gasteiger partial charge in [-0.25, -0.2) is 0 Å². The van der Waals surface area contributed by atoms with Crippen molar-refractivity contribution in [2.75, 3.05) is 0 Å². The molecule has 0 radical (unpaired) electrons. The van der Waals surface area contributed by atoms with Crippen molar-refractivity contribution >= 4 is 10.9 Å². The quantitative estimate of drug-likeness (QED) is 0.761. The molecule has 0 spiro atoms. The zero-order valence-electron chi connectivity index (χ0n) is 10.2. The lowest BCUT2D eigenvalue weighted by Crippen LogP contribution is -2.01. The molecule has 2 heterocycles. The lowest BCUT2D eigenvalue weighted by molar-refractivity contribution is 0.283. The Hall–Kier alpha value is -2.07. The lowest BCUT2D eigenvalue weighted by Gasteiger charge is -2.06. The number of rotatable bonds is 3. The third kappa shape index (κ3) is 1.80. The molecule has 3 rings (SSSR count).